The summed E-state index contributed by atoms with van der Waals surface area (Å²) in [6.45, 7) is 1.95. The number of anilines is 2. The highest BCUT2D eigenvalue weighted by Gasteiger charge is 2.41. The third-order valence-electron chi connectivity index (χ3n) is 5.26. The van der Waals surface area contributed by atoms with E-state index in [1.165, 1.54) is 16.7 Å². The number of rotatable bonds is 5. The van der Waals surface area contributed by atoms with Crippen LogP contribution in [0.4, 0.5) is 11.4 Å². The lowest BCUT2D eigenvalue weighted by molar-refractivity contribution is -0.117. The molecular formula is C26H19Cl2N3O2S. The van der Waals surface area contributed by atoms with Gasteiger partial charge in [0.25, 0.3) is 5.91 Å². The summed E-state index contributed by atoms with van der Waals surface area (Å²) >= 11 is 13.4. The van der Waals surface area contributed by atoms with Crippen LogP contribution >= 0.6 is 35.0 Å². The monoisotopic (exact) mass is 507 g/mol. The van der Waals surface area contributed by atoms with Crippen LogP contribution in [0.2, 0.25) is 10.0 Å². The number of halogens is 2. The van der Waals surface area contributed by atoms with Gasteiger partial charge in [-0.1, -0.05) is 70.9 Å². The van der Waals surface area contributed by atoms with Crippen molar-refractivity contribution < 1.29 is 9.59 Å². The van der Waals surface area contributed by atoms with E-state index in [9.17, 15) is 14.9 Å². The van der Waals surface area contributed by atoms with Crippen molar-refractivity contribution in [2.24, 2.45) is 0 Å². The van der Waals surface area contributed by atoms with Crippen molar-refractivity contribution in [3.63, 3.8) is 0 Å². The van der Waals surface area contributed by atoms with Gasteiger partial charge >= 0.3 is 0 Å². The van der Waals surface area contributed by atoms with E-state index >= 15 is 0 Å². The van der Waals surface area contributed by atoms with Gasteiger partial charge in [0.2, 0.25) is 5.91 Å². The molecule has 0 spiro atoms. The number of benzene rings is 3. The Morgan fingerprint density at radius 3 is 2.38 bits per heavy atom. The maximum Gasteiger partial charge on any atom is 0.269 e. The largest absolute Gasteiger partial charge is 0.321 e. The van der Waals surface area contributed by atoms with Crippen molar-refractivity contribution in [2.75, 3.05) is 10.2 Å². The van der Waals surface area contributed by atoms with E-state index in [-0.39, 0.29) is 11.5 Å². The van der Waals surface area contributed by atoms with Crippen LogP contribution in [0.15, 0.2) is 83.4 Å². The van der Waals surface area contributed by atoms with Gasteiger partial charge in [0.1, 0.15) is 16.7 Å². The van der Waals surface area contributed by atoms with Gasteiger partial charge in [0, 0.05) is 21.4 Å². The normalized spacial score (nSPS) is 16.8. The molecule has 1 aliphatic heterocycles. The number of carbonyl (C=O) groups excluding carboxylic acids is 2. The van der Waals surface area contributed by atoms with Gasteiger partial charge in [-0.3, -0.25) is 14.5 Å². The first kappa shape index (κ1) is 23.9. The Hall–Kier alpha value is -3.24. The molecule has 2 amide bonds. The van der Waals surface area contributed by atoms with Crippen LogP contribution in [0.25, 0.3) is 0 Å². The Morgan fingerprint density at radius 2 is 1.74 bits per heavy atom. The summed E-state index contributed by atoms with van der Waals surface area (Å²) in [5.41, 5.74) is 2.79. The molecule has 0 radical (unpaired) electrons. The van der Waals surface area contributed by atoms with Crippen molar-refractivity contribution in [1.29, 1.82) is 5.26 Å². The van der Waals surface area contributed by atoms with E-state index in [4.69, 9.17) is 23.2 Å². The molecule has 3 aromatic carbocycles. The summed E-state index contributed by atoms with van der Waals surface area (Å²) in [6, 6.07) is 23.3. The molecule has 1 N–H and O–H groups in total. The van der Waals surface area contributed by atoms with E-state index in [1.807, 2.05) is 43.3 Å². The molecule has 1 atom stereocenters. The first-order valence-corrected chi connectivity index (χ1v) is 12.0. The molecule has 0 bridgehead atoms. The lowest BCUT2D eigenvalue weighted by Gasteiger charge is -2.19. The zero-order chi connectivity index (χ0) is 24.2. The Balaban J connectivity index is 1.73. The third-order valence-corrected chi connectivity index (χ3v) is 7.15. The summed E-state index contributed by atoms with van der Waals surface area (Å²) < 4.78 is 0. The summed E-state index contributed by atoms with van der Waals surface area (Å²) in [7, 11) is 0. The van der Waals surface area contributed by atoms with Crippen LogP contribution in [0.5, 0.6) is 0 Å². The number of thioether (sulfide) groups is 1. The first-order chi connectivity index (χ1) is 16.4. The number of nitrogens with one attached hydrogen (secondary N) is 1. The van der Waals surface area contributed by atoms with E-state index in [0.717, 1.165) is 11.1 Å². The van der Waals surface area contributed by atoms with Crippen molar-refractivity contribution >= 4 is 58.2 Å². The molecule has 1 saturated heterocycles. The molecule has 8 heteroatoms. The molecule has 4 rings (SSSR count). The van der Waals surface area contributed by atoms with Crippen LogP contribution in [0.1, 0.15) is 11.1 Å². The highest BCUT2D eigenvalue weighted by atomic mass is 35.5. The van der Waals surface area contributed by atoms with Crippen molar-refractivity contribution in [2.45, 2.75) is 18.6 Å². The van der Waals surface area contributed by atoms with Crippen molar-refractivity contribution in [1.82, 2.24) is 0 Å². The average Bonchev–Trinajstić information content (AvgIpc) is 3.13. The number of hydrogen-bond donors (Lipinski definition) is 1. The zero-order valence-corrected chi connectivity index (χ0v) is 20.4. The second-order valence-electron chi connectivity index (χ2n) is 7.66. The minimum Gasteiger partial charge on any atom is -0.321 e. The van der Waals surface area contributed by atoms with Crippen LogP contribution in [0.3, 0.4) is 0 Å². The van der Waals surface area contributed by atoms with Crippen LogP contribution < -0.4 is 10.2 Å². The summed E-state index contributed by atoms with van der Waals surface area (Å²) in [5, 5.41) is 13.5. The Labute approximate surface area is 212 Å². The minimum absolute atomic E-state index is 0.143. The third kappa shape index (κ3) is 5.13. The van der Waals surface area contributed by atoms with Gasteiger partial charge in [0.05, 0.1) is 5.25 Å². The maximum atomic E-state index is 13.5. The SMILES string of the molecule is Cc1ccc(N2C(=O)[C@H](Cc3ccccc3Cl)S/C2=C(/C#N)C(=O)Nc2ccc(Cl)cc2)cc1. The van der Waals surface area contributed by atoms with Gasteiger partial charge in [-0.15, -0.1) is 0 Å². The molecule has 170 valence electrons. The Bertz CT molecular complexity index is 1320. The number of amides is 2. The smallest absolute Gasteiger partial charge is 0.269 e. The van der Waals surface area contributed by atoms with E-state index in [2.05, 4.69) is 5.32 Å². The summed E-state index contributed by atoms with van der Waals surface area (Å²) in [4.78, 5) is 28.1. The predicted molar refractivity (Wildman–Crippen MR) is 138 cm³/mol. The van der Waals surface area contributed by atoms with E-state index in [0.29, 0.717) is 32.9 Å². The molecular weight excluding hydrogens is 489 g/mol. The maximum absolute atomic E-state index is 13.5. The molecule has 0 saturated carbocycles. The van der Waals surface area contributed by atoms with E-state index in [1.54, 1.807) is 42.5 Å². The van der Waals surface area contributed by atoms with Gasteiger partial charge < -0.3 is 5.32 Å². The molecule has 3 aromatic rings. The van der Waals surface area contributed by atoms with Crippen molar-refractivity contribution in [3.8, 4) is 6.07 Å². The van der Waals surface area contributed by atoms with Crippen LogP contribution in [-0.4, -0.2) is 17.1 Å². The number of carbonyl (C=O) groups is 2. The standard InChI is InChI=1S/C26H19Cl2N3O2S/c1-16-6-12-20(13-7-16)31-25(33)23(14-17-4-2-3-5-22(17)28)34-26(31)21(15-29)24(32)30-19-10-8-18(27)9-11-19/h2-13,23H,14H2,1H3,(H,30,32)/b26-21-/t23-/m0/s1. The molecule has 0 unspecified atom stereocenters. The number of aryl methyl sites for hydroxylation is 1. The van der Waals surface area contributed by atoms with E-state index < -0.39 is 11.2 Å². The van der Waals surface area contributed by atoms with Crippen LogP contribution in [0, 0.1) is 18.3 Å². The first-order valence-electron chi connectivity index (χ1n) is 10.4. The summed E-state index contributed by atoms with van der Waals surface area (Å²) in [5.74, 6) is -0.813. The van der Waals surface area contributed by atoms with Gasteiger partial charge in [0.15, 0.2) is 0 Å². The molecule has 1 heterocycles. The fourth-order valence-corrected chi connectivity index (χ4v) is 5.14. The highest BCUT2D eigenvalue weighted by molar-refractivity contribution is 8.05. The second kappa shape index (κ2) is 10.4. The average molecular weight is 508 g/mol. The Kier molecular flexibility index (Phi) is 7.28. The fraction of sp³-hybridized carbons (Fsp3) is 0.115. The van der Waals surface area contributed by atoms with Gasteiger partial charge in [-0.05, 0) is 61.4 Å². The minimum atomic E-state index is -0.601. The molecule has 1 aliphatic rings. The lowest BCUT2D eigenvalue weighted by Crippen LogP contribution is -2.31. The van der Waals surface area contributed by atoms with Crippen LogP contribution in [-0.2, 0) is 16.0 Å². The zero-order valence-electron chi connectivity index (χ0n) is 18.1. The quantitative estimate of drug-likeness (QED) is 0.321. The Morgan fingerprint density at radius 1 is 1.06 bits per heavy atom. The number of nitrogens with zero attached hydrogens (tertiary/aromatic N) is 2. The molecule has 1 fully saturated rings. The summed E-state index contributed by atoms with van der Waals surface area (Å²) in [6.07, 6.45) is 0.368. The van der Waals surface area contributed by atoms with Gasteiger partial charge in [-0.25, -0.2) is 0 Å². The fourth-order valence-electron chi connectivity index (χ4n) is 3.51. The number of nitriles is 1. The topological polar surface area (TPSA) is 73.2 Å². The molecule has 34 heavy (non-hydrogen) atoms. The van der Waals surface area contributed by atoms with Gasteiger partial charge in [-0.2, -0.15) is 5.26 Å². The molecule has 0 aromatic heterocycles. The second-order valence-corrected chi connectivity index (χ2v) is 9.70. The molecule has 5 nitrogen and oxygen atoms in total. The predicted octanol–water partition coefficient (Wildman–Crippen LogP) is 6.37. The lowest BCUT2D eigenvalue weighted by atomic mass is 10.1. The van der Waals surface area contributed by atoms with Crippen molar-refractivity contribution in [3.05, 3.63) is 105 Å². The molecule has 0 aliphatic carbocycles. The number of hydrogen-bond acceptors (Lipinski definition) is 4. The highest BCUT2D eigenvalue weighted by Crippen LogP contribution is 2.42.